The lowest BCUT2D eigenvalue weighted by Crippen LogP contribution is -2.41. The molecule has 1 aliphatic heterocycles. The molecule has 1 aromatic rings. The topological polar surface area (TPSA) is 83.6 Å². The fourth-order valence-corrected chi connectivity index (χ4v) is 3.41. The minimum absolute atomic E-state index is 0.305. The third kappa shape index (κ3) is 2.62. The largest absolute Gasteiger partial charge is 0.480 e. The molecule has 0 saturated carbocycles. The number of anilines is 1. The number of carbonyl (C=O) groups is 2. The first-order valence-electron chi connectivity index (χ1n) is 5.16. The van der Waals surface area contributed by atoms with Gasteiger partial charge in [-0.05, 0) is 18.2 Å². The lowest BCUT2D eigenvalue weighted by atomic mass is 10.1. The van der Waals surface area contributed by atoms with Crippen molar-refractivity contribution >= 4 is 45.3 Å². The number of benzene rings is 1. The molecule has 2 rings (SSSR count). The summed E-state index contributed by atoms with van der Waals surface area (Å²) in [5.41, 5.74) is 6.53. The number of carbonyl (C=O) groups excluding carboxylic acids is 1. The Kier molecular flexibility index (Phi) is 3.82. The zero-order valence-electron chi connectivity index (χ0n) is 9.30. The third-order valence-electron chi connectivity index (χ3n) is 2.60. The summed E-state index contributed by atoms with van der Waals surface area (Å²) < 4.78 is 0.699. The van der Waals surface area contributed by atoms with E-state index in [1.54, 1.807) is 18.2 Å². The summed E-state index contributed by atoms with van der Waals surface area (Å²) in [6.07, 6.45) is 0. The molecule has 18 heavy (non-hydrogen) atoms. The normalized spacial score (nSPS) is 18.9. The highest BCUT2D eigenvalue weighted by atomic mass is 79.9. The van der Waals surface area contributed by atoms with Crippen LogP contribution in [-0.4, -0.2) is 39.6 Å². The SMILES string of the molecule is Nc1cc(Br)cc(C(=O)N2CSCC2C(=O)O)c1. The van der Waals surface area contributed by atoms with Gasteiger partial charge in [0.1, 0.15) is 6.04 Å². The molecule has 0 radical (unpaired) electrons. The van der Waals surface area contributed by atoms with Gasteiger partial charge in [0.25, 0.3) is 5.91 Å². The van der Waals surface area contributed by atoms with Crippen molar-refractivity contribution in [2.24, 2.45) is 0 Å². The number of hydrogen-bond acceptors (Lipinski definition) is 4. The summed E-state index contributed by atoms with van der Waals surface area (Å²) in [6, 6.07) is 4.11. The number of halogens is 1. The highest BCUT2D eigenvalue weighted by molar-refractivity contribution is 9.10. The van der Waals surface area contributed by atoms with Crippen molar-refractivity contribution in [2.45, 2.75) is 6.04 Å². The Labute approximate surface area is 116 Å². The summed E-state index contributed by atoms with van der Waals surface area (Å²) in [5, 5.41) is 9.05. The standard InChI is InChI=1S/C11H11BrN2O3S/c12-7-1-6(2-8(13)3-7)10(15)14-5-18-4-9(14)11(16)17/h1-3,9H,4-5,13H2,(H,16,17). The summed E-state index contributed by atoms with van der Waals surface area (Å²) in [7, 11) is 0. The number of hydrogen-bond donors (Lipinski definition) is 2. The van der Waals surface area contributed by atoms with Crippen LogP contribution in [-0.2, 0) is 4.79 Å². The maximum absolute atomic E-state index is 12.2. The summed E-state index contributed by atoms with van der Waals surface area (Å²) in [6.45, 7) is 0. The first kappa shape index (κ1) is 13.2. The Hall–Kier alpha value is -1.21. The van der Waals surface area contributed by atoms with Crippen LogP contribution in [0.4, 0.5) is 5.69 Å². The first-order valence-corrected chi connectivity index (χ1v) is 7.11. The van der Waals surface area contributed by atoms with Crippen LogP contribution in [0.1, 0.15) is 10.4 Å². The predicted molar refractivity (Wildman–Crippen MR) is 73.5 cm³/mol. The number of carboxylic acids is 1. The number of nitrogens with two attached hydrogens (primary N) is 1. The molecule has 1 saturated heterocycles. The molecule has 1 aromatic carbocycles. The van der Waals surface area contributed by atoms with E-state index >= 15 is 0 Å². The van der Waals surface area contributed by atoms with Crippen LogP contribution in [0, 0.1) is 0 Å². The number of nitrogens with zero attached hydrogens (tertiary/aromatic N) is 1. The van der Waals surface area contributed by atoms with Gasteiger partial charge in [-0.25, -0.2) is 4.79 Å². The molecule has 5 nitrogen and oxygen atoms in total. The van der Waals surface area contributed by atoms with Crippen LogP contribution in [0.3, 0.4) is 0 Å². The smallest absolute Gasteiger partial charge is 0.327 e. The lowest BCUT2D eigenvalue weighted by molar-refractivity contribution is -0.140. The zero-order valence-corrected chi connectivity index (χ0v) is 11.7. The molecule has 1 unspecified atom stereocenters. The fraction of sp³-hybridized carbons (Fsp3) is 0.273. The first-order chi connectivity index (χ1) is 8.49. The van der Waals surface area contributed by atoms with Crippen LogP contribution < -0.4 is 5.73 Å². The van der Waals surface area contributed by atoms with Gasteiger partial charge in [-0.1, -0.05) is 15.9 Å². The molecular formula is C11H11BrN2O3S. The number of thioether (sulfide) groups is 1. The van der Waals surface area contributed by atoms with E-state index < -0.39 is 12.0 Å². The van der Waals surface area contributed by atoms with Gasteiger partial charge in [-0.3, -0.25) is 4.79 Å². The Balaban J connectivity index is 2.28. The van der Waals surface area contributed by atoms with Gasteiger partial charge >= 0.3 is 5.97 Å². The number of rotatable bonds is 2. The van der Waals surface area contributed by atoms with Crippen molar-refractivity contribution in [3.05, 3.63) is 28.2 Å². The van der Waals surface area contributed by atoms with Crippen LogP contribution in [0.2, 0.25) is 0 Å². The van der Waals surface area contributed by atoms with Crippen molar-refractivity contribution in [1.82, 2.24) is 4.90 Å². The number of nitrogen functional groups attached to an aromatic ring is 1. The van der Waals surface area contributed by atoms with E-state index in [1.165, 1.54) is 16.7 Å². The highest BCUT2D eigenvalue weighted by Gasteiger charge is 2.35. The Bertz CT molecular complexity index is 489. The molecule has 0 bridgehead atoms. The monoisotopic (exact) mass is 330 g/mol. The molecule has 96 valence electrons. The molecular weight excluding hydrogens is 320 g/mol. The van der Waals surface area contributed by atoms with E-state index in [0.717, 1.165) is 0 Å². The maximum Gasteiger partial charge on any atom is 0.327 e. The van der Waals surface area contributed by atoms with E-state index in [9.17, 15) is 9.59 Å². The molecule has 1 amide bonds. The van der Waals surface area contributed by atoms with Gasteiger partial charge in [0.15, 0.2) is 0 Å². The molecule has 1 fully saturated rings. The molecule has 0 aromatic heterocycles. The molecule has 1 aliphatic rings. The summed E-state index contributed by atoms with van der Waals surface area (Å²) in [4.78, 5) is 24.6. The molecule has 0 spiro atoms. The van der Waals surface area contributed by atoms with Crippen LogP contribution in [0.15, 0.2) is 22.7 Å². The van der Waals surface area contributed by atoms with E-state index in [0.29, 0.717) is 27.4 Å². The number of carboxylic acid groups (broad SMARTS) is 1. The molecule has 3 N–H and O–H groups in total. The van der Waals surface area contributed by atoms with Gasteiger partial charge in [-0.2, -0.15) is 0 Å². The average Bonchev–Trinajstić information content (AvgIpc) is 2.75. The minimum Gasteiger partial charge on any atom is -0.480 e. The molecule has 1 atom stereocenters. The molecule has 7 heteroatoms. The van der Waals surface area contributed by atoms with Crippen molar-refractivity contribution in [1.29, 1.82) is 0 Å². The Morgan fingerprint density at radius 3 is 2.78 bits per heavy atom. The second-order valence-corrected chi connectivity index (χ2v) is 5.82. The second-order valence-electron chi connectivity index (χ2n) is 3.90. The number of aliphatic carboxylic acids is 1. The van der Waals surface area contributed by atoms with Crippen molar-refractivity contribution in [2.75, 3.05) is 17.4 Å². The fourth-order valence-electron chi connectivity index (χ4n) is 1.75. The third-order valence-corrected chi connectivity index (χ3v) is 4.07. The van der Waals surface area contributed by atoms with Crippen LogP contribution in [0.25, 0.3) is 0 Å². The van der Waals surface area contributed by atoms with Gasteiger partial charge in [0.05, 0.1) is 5.88 Å². The Morgan fingerprint density at radius 2 is 2.17 bits per heavy atom. The van der Waals surface area contributed by atoms with Gasteiger partial charge in [0, 0.05) is 21.5 Å². The van der Waals surface area contributed by atoms with Crippen LogP contribution >= 0.6 is 27.7 Å². The van der Waals surface area contributed by atoms with E-state index in [1.807, 2.05) is 0 Å². The number of amides is 1. The average molecular weight is 331 g/mol. The van der Waals surface area contributed by atoms with Crippen molar-refractivity contribution in [3.63, 3.8) is 0 Å². The van der Waals surface area contributed by atoms with E-state index in [4.69, 9.17) is 10.8 Å². The quantitative estimate of drug-likeness (QED) is 0.805. The predicted octanol–water partition coefficient (Wildman–Crippen LogP) is 1.63. The highest BCUT2D eigenvalue weighted by Crippen LogP contribution is 2.25. The van der Waals surface area contributed by atoms with Gasteiger partial charge in [0.2, 0.25) is 0 Å². The van der Waals surface area contributed by atoms with Gasteiger partial charge < -0.3 is 15.7 Å². The Morgan fingerprint density at radius 1 is 1.44 bits per heavy atom. The second kappa shape index (κ2) is 5.19. The summed E-state index contributed by atoms with van der Waals surface area (Å²) >= 11 is 4.69. The lowest BCUT2D eigenvalue weighted by Gasteiger charge is -2.20. The van der Waals surface area contributed by atoms with Crippen molar-refractivity contribution in [3.8, 4) is 0 Å². The molecule has 0 aliphatic carbocycles. The van der Waals surface area contributed by atoms with Crippen LogP contribution in [0.5, 0.6) is 0 Å². The maximum atomic E-state index is 12.2. The minimum atomic E-state index is -0.976. The summed E-state index contributed by atoms with van der Waals surface area (Å²) in [5.74, 6) is -0.469. The van der Waals surface area contributed by atoms with Crippen molar-refractivity contribution < 1.29 is 14.7 Å². The van der Waals surface area contributed by atoms with Gasteiger partial charge in [-0.15, -0.1) is 11.8 Å². The zero-order chi connectivity index (χ0) is 13.3. The van der Waals surface area contributed by atoms with E-state index in [2.05, 4.69) is 15.9 Å². The molecule has 1 heterocycles. The van der Waals surface area contributed by atoms with E-state index in [-0.39, 0.29) is 5.91 Å².